The Hall–Kier alpha value is -3.00. The Kier molecular flexibility index (Phi) is 7.45. The number of nitrogens with zero attached hydrogens (tertiary/aromatic N) is 3. The van der Waals surface area contributed by atoms with E-state index in [1.807, 2.05) is 4.90 Å². The van der Waals surface area contributed by atoms with Crippen molar-refractivity contribution in [3.8, 4) is 11.8 Å². The van der Waals surface area contributed by atoms with Crippen molar-refractivity contribution in [2.45, 2.75) is 11.3 Å². The van der Waals surface area contributed by atoms with Crippen LogP contribution in [-0.4, -0.2) is 64.2 Å². The van der Waals surface area contributed by atoms with Gasteiger partial charge in [-0.25, -0.2) is 13.2 Å². The predicted molar refractivity (Wildman–Crippen MR) is 121 cm³/mol. The lowest BCUT2D eigenvalue weighted by molar-refractivity contribution is 0.0697. The van der Waals surface area contributed by atoms with E-state index < -0.39 is 16.0 Å². The first-order chi connectivity index (χ1) is 15.2. The van der Waals surface area contributed by atoms with E-state index in [9.17, 15) is 18.3 Å². The van der Waals surface area contributed by atoms with Gasteiger partial charge >= 0.3 is 5.97 Å². The molecule has 0 radical (unpaired) electrons. The number of nitriles is 1. The molecule has 0 spiro atoms. The van der Waals surface area contributed by atoms with Crippen molar-refractivity contribution in [2.75, 3.05) is 49.5 Å². The summed E-state index contributed by atoms with van der Waals surface area (Å²) in [7, 11) is -2.78. The maximum absolute atomic E-state index is 13.2. The highest BCUT2D eigenvalue weighted by atomic mass is 35.5. The van der Waals surface area contributed by atoms with Crippen molar-refractivity contribution in [3.05, 3.63) is 47.0 Å². The number of hydrogen-bond donors (Lipinski definition) is 2. The lowest BCUT2D eigenvalue weighted by Crippen LogP contribution is -2.46. The summed E-state index contributed by atoms with van der Waals surface area (Å²) in [6.07, 6.45) is 0.444. The van der Waals surface area contributed by atoms with Crippen LogP contribution in [0.15, 0.2) is 41.3 Å². The zero-order valence-electron chi connectivity index (χ0n) is 17.4. The van der Waals surface area contributed by atoms with Gasteiger partial charge in [-0.05, 0) is 36.4 Å². The molecule has 0 unspecified atom stereocenters. The van der Waals surface area contributed by atoms with Gasteiger partial charge in [0, 0.05) is 44.2 Å². The van der Waals surface area contributed by atoms with Crippen molar-refractivity contribution in [2.24, 2.45) is 0 Å². The molecule has 2 N–H and O–H groups in total. The van der Waals surface area contributed by atoms with Crippen LogP contribution >= 0.6 is 11.6 Å². The number of piperazine rings is 1. The summed E-state index contributed by atoms with van der Waals surface area (Å²) < 4.78 is 34.0. The van der Waals surface area contributed by atoms with Gasteiger partial charge in [-0.3, -0.25) is 9.62 Å². The maximum atomic E-state index is 13.2. The Balaban J connectivity index is 1.93. The van der Waals surface area contributed by atoms with Gasteiger partial charge in [-0.2, -0.15) is 5.26 Å². The molecule has 1 aliphatic rings. The van der Waals surface area contributed by atoms with E-state index in [0.717, 1.165) is 0 Å². The number of carbonyl (C=O) groups is 1. The number of sulfonamides is 1. The Morgan fingerprint density at radius 1 is 1.22 bits per heavy atom. The number of hydrogen-bond acceptors (Lipinski definition) is 7. The lowest BCUT2D eigenvalue weighted by atomic mass is 10.1. The molecule has 170 valence electrons. The number of aromatic carboxylic acids is 1. The van der Waals surface area contributed by atoms with E-state index in [0.29, 0.717) is 44.8 Å². The number of halogens is 1. The number of benzene rings is 2. The van der Waals surface area contributed by atoms with Crippen LogP contribution in [-0.2, 0) is 10.0 Å². The topological polar surface area (TPSA) is 123 Å². The average Bonchev–Trinajstić information content (AvgIpc) is 2.77. The molecule has 0 aliphatic carbocycles. The van der Waals surface area contributed by atoms with Crippen LogP contribution in [0.5, 0.6) is 5.75 Å². The fourth-order valence-corrected chi connectivity index (χ4v) is 5.01. The number of nitrogens with one attached hydrogen (secondary N) is 1. The molecule has 0 bridgehead atoms. The third kappa shape index (κ3) is 5.43. The van der Waals surface area contributed by atoms with E-state index in [-0.39, 0.29) is 26.9 Å². The SMILES string of the molecule is COc1ccc(Cl)cc1S(=O)(=O)Nc1cc(C(=O)O)ccc1N1CCN(CCC#N)CC1. The zero-order chi connectivity index (χ0) is 23.3. The van der Waals surface area contributed by atoms with Crippen LogP contribution in [0.1, 0.15) is 16.8 Å². The van der Waals surface area contributed by atoms with Crippen LogP contribution in [0.4, 0.5) is 11.4 Å². The summed E-state index contributed by atoms with van der Waals surface area (Å²) in [6, 6.07) is 10.7. The quantitative estimate of drug-likeness (QED) is 0.593. The fraction of sp³-hybridized carbons (Fsp3) is 0.333. The molecule has 0 amide bonds. The number of ether oxygens (including phenoxy) is 1. The van der Waals surface area contributed by atoms with E-state index in [1.165, 1.54) is 37.4 Å². The molecule has 0 saturated carbocycles. The van der Waals surface area contributed by atoms with Gasteiger partial charge in [-0.1, -0.05) is 11.6 Å². The molecule has 1 aliphatic heterocycles. The van der Waals surface area contributed by atoms with Crippen LogP contribution in [0.3, 0.4) is 0 Å². The largest absolute Gasteiger partial charge is 0.495 e. The third-order valence-corrected chi connectivity index (χ3v) is 6.78. The summed E-state index contributed by atoms with van der Waals surface area (Å²) in [5.74, 6) is -1.05. The Bertz CT molecular complexity index is 1140. The molecule has 2 aromatic rings. The second kappa shape index (κ2) is 10.1. The summed E-state index contributed by atoms with van der Waals surface area (Å²) in [6.45, 7) is 3.30. The number of methoxy groups -OCH3 is 1. The van der Waals surface area contributed by atoms with Crippen LogP contribution in [0.25, 0.3) is 0 Å². The Morgan fingerprint density at radius 2 is 1.94 bits per heavy atom. The van der Waals surface area contributed by atoms with Crippen LogP contribution < -0.4 is 14.4 Å². The van der Waals surface area contributed by atoms with Gasteiger partial charge < -0.3 is 14.7 Å². The second-order valence-corrected chi connectivity index (χ2v) is 9.26. The van der Waals surface area contributed by atoms with E-state index >= 15 is 0 Å². The molecule has 0 aromatic heterocycles. The predicted octanol–water partition coefficient (Wildman–Crippen LogP) is 2.88. The molecule has 1 heterocycles. The minimum Gasteiger partial charge on any atom is -0.495 e. The van der Waals surface area contributed by atoms with Gasteiger partial charge in [0.15, 0.2) is 0 Å². The van der Waals surface area contributed by atoms with E-state index in [4.69, 9.17) is 21.6 Å². The molecule has 32 heavy (non-hydrogen) atoms. The highest BCUT2D eigenvalue weighted by Crippen LogP contribution is 2.33. The van der Waals surface area contributed by atoms with Gasteiger partial charge in [0.2, 0.25) is 0 Å². The number of anilines is 2. The van der Waals surface area contributed by atoms with Crippen molar-refractivity contribution in [3.63, 3.8) is 0 Å². The Morgan fingerprint density at radius 3 is 2.56 bits per heavy atom. The molecular weight excluding hydrogens is 456 g/mol. The monoisotopic (exact) mass is 478 g/mol. The number of carboxylic acids is 1. The van der Waals surface area contributed by atoms with Gasteiger partial charge in [0.25, 0.3) is 10.0 Å². The molecule has 0 atom stereocenters. The normalized spacial score (nSPS) is 14.6. The minimum atomic E-state index is -4.13. The third-order valence-electron chi connectivity index (χ3n) is 5.16. The molecule has 3 rings (SSSR count). The van der Waals surface area contributed by atoms with Crippen LogP contribution in [0.2, 0.25) is 5.02 Å². The number of carboxylic acid groups (broad SMARTS) is 1. The standard InChI is InChI=1S/C21H23ClN4O5S/c1-31-19-6-4-16(22)14-20(19)32(29,30)24-17-13-15(21(27)28)3-5-18(17)26-11-9-25(10-12-26)8-2-7-23/h3-6,13-14,24H,2,8-12H2,1H3,(H,27,28). The molecule has 11 heteroatoms. The van der Waals surface area contributed by atoms with E-state index in [1.54, 1.807) is 6.07 Å². The first kappa shape index (κ1) is 23.7. The van der Waals surface area contributed by atoms with Crippen molar-refractivity contribution < 1.29 is 23.1 Å². The molecule has 9 nitrogen and oxygen atoms in total. The lowest BCUT2D eigenvalue weighted by Gasteiger charge is -2.36. The van der Waals surface area contributed by atoms with Gasteiger partial charge in [0.05, 0.1) is 30.1 Å². The van der Waals surface area contributed by atoms with Crippen molar-refractivity contribution in [1.29, 1.82) is 5.26 Å². The molecule has 1 saturated heterocycles. The summed E-state index contributed by atoms with van der Waals surface area (Å²) in [4.78, 5) is 15.5. The first-order valence-electron chi connectivity index (χ1n) is 9.83. The van der Waals surface area contributed by atoms with Crippen LogP contribution in [0, 0.1) is 11.3 Å². The van der Waals surface area contributed by atoms with Gasteiger partial charge in [-0.15, -0.1) is 0 Å². The Labute approximate surface area is 191 Å². The molecular formula is C21H23ClN4O5S. The highest BCUT2D eigenvalue weighted by molar-refractivity contribution is 7.92. The fourth-order valence-electron chi connectivity index (χ4n) is 3.51. The smallest absolute Gasteiger partial charge is 0.335 e. The summed E-state index contributed by atoms with van der Waals surface area (Å²) in [5.41, 5.74) is 0.675. The zero-order valence-corrected chi connectivity index (χ0v) is 19.0. The summed E-state index contributed by atoms with van der Waals surface area (Å²) in [5, 5.41) is 18.4. The minimum absolute atomic E-state index is 0.0443. The maximum Gasteiger partial charge on any atom is 0.335 e. The second-order valence-electron chi connectivity index (χ2n) is 7.17. The van der Waals surface area contributed by atoms with Crippen molar-refractivity contribution in [1.82, 2.24) is 4.90 Å². The molecule has 2 aromatic carbocycles. The summed E-state index contributed by atoms with van der Waals surface area (Å²) >= 11 is 5.99. The highest BCUT2D eigenvalue weighted by Gasteiger charge is 2.25. The first-order valence-corrected chi connectivity index (χ1v) is 11.7. The average molecular weight is 479 g/mol. The van der Waals surface area contributed by atoms with E-state index in [2.05, 4.69) is 15.7 Å². The number of rotatable bonds is 8. The van der Waals surface area contributed by atoms with Gasteiger partial charge in [0.1, 0.15) is 10.6 Å². The molecule has 1 fully saturated rings. The van der Waals surface area contributed by atoms with Crippen molar-refractivity contribution >= 4 is 39.0 Å².